The van der Waals surface area contributed by atoms with E-state index in [-0.39, 0.29) is 5.91 Å². The van der Waals surface area contributed by atoms with Crippen LogP contribution in [0.4, 0.5) is 0 Å². The van der Waals surface area contributed by atoms with Crippen molar-refractivity contribution < 1.29 is 9.53 Å². The van der Waals surface area contributed by atoms with E-state index < -0.39 is 0 Å². The van der Waals surface area contributed by atoms with Crippen molar-refractivity contribution in [2.75, 3.05) is 0 Å². The number of nitrogens with one attached hydrogen (secondary N) is 1. The molecule has 0 spiro atoms. The van der Waals surface area contributed by atoms with Crippen molar-refractivity contribution in [1.29, 1.82) is 0 Å². The van der Waals surface area contributed by atoms with Crippen LogP contribution in [0.1, 0.15) is 21.5 Å². The van der Waals surface area contributed by atoms with E-state index in [0.717, 1.165) is 30.3 Å². The first kappa shape index (κ1) is 20.8. The molecule has 0 aliphatic carbocycles. The smallest absolute Gasteiger partial charge is 0.272 e. The first-order valence-corrected chi connectivity index (χ1v) is 10.7. The highest BCUT2D eigenvalue weighted by Crippen LogP contribution is 2.23. The molecule has 0 heterocycles. The highest BCUT2D eigenvalue weighted by atomic mass is 79.9. The summed E-state index contributed by atoms with van der Waals surface area (Å²) in [6.45, 7) is 0.462. The number of rotatable bonds is 6. The molecule has 0 fully saturated rings. The lowest BCUT2D eigenvalue weighted by molar-refractivity contribution is 0.0954. The van der Waals surface area contributed by atoms with Crippen molar-refractivity contribution in [3.05, 3.63) is 96.8 Å². The van der Waals surface area contributed by atoms with Gasteiger partial charge in [-0.15, -0.1) is 0 Å². The zero-order valence-electron chi connectivity index (χ0n) is 14.5. The lowest BCUT2D eigenvalue weighted by Crippen LogP contribution is -2.18. The summed E-state index contributed by atoms with van der Waals surface area (Å²) in [5.41, 5.74) is 4.96. The van der Waals surface area contributed by atoms with Crippen molar-refractivity contribution in [3.8, 4) is 5.75 Å². The van der Waals surface area contributed by atoms with E-state index >= 15 is 0 Å². The standard InChI is InChI=1S/C21H15Br3N2O2/c22-16-8-7-15(20(24)11-16)13-28-17-9-5-14(6-10-17)12-25-26-21(27)18-3-1-2-4-19(18)23/h1-12H,13H2,(H,26,27)/b25-12-. The first-order valence-electron chi connectivity index (χ1n) is 8.27. The molecular formula is C21H15Br3N2O2. The lowest BCUT2D eigenvalue weighted by atomic mass is 10.2. The average molecular weight is 567 g/mol. The number of hydrogen-bond acceptors (Lipinski definition) is 3. The Labute approximate surface area is 188 Å². The quantitative estimate of drug-likeness (QED) is 0.280. The Balaban J connectivity index is 1.54. The van der Waals surface area contributed by atoms with Gasteiger partial charge in [-0.05, 0) is 70.0 Å². The van der Waals surface area contributed by atoms with Crippen LogP contribution in [0.3, 0.4) is 0 Å². The van der Waals surface area contributed by atoms with Gasteiger partial charge in [-0.2, -0.15) is 5.10 Å². The van der Waals surface area contributed by atoms with Crippen LogP contribution >= 0.6 is 47.8 Å². The van der Waals surface area contributed by atoms with Crippen LogP contribution in [0.25, 0.3) is 0 Å². The van der Waals surface area contributed by atoms with Crippen LogP contribution in [0.5, 0.6) is 5.75 Å². The maximum Gasteiger partial charge on any atom is 0.272 e. The molecule has 0 unspecified atom stereocenters. The van der Waals surface area contributed by atoms with Gasteiger partial charge in [-0.25, -0.2) is 5.43 Å². The van der Waals surface area contributed by atoms with Crippen LogP contribution in [0.15, 0.2) is 85.2 Å². The fourth-order valence-electron chi connectivity index (χ4n) is 2.32. The Hall–Kier alpha value is -1.96. The third-order valence-corrected chi connectivity index (χ3v) is 5.71. The Morgan fingerprint density at radius 1 is 0.964 bits per heavy atom. The van der Waals surface area contributed by atoms with Crippen molar-refractivity contribution in [2.45, 2.75) is 6.61 Å². The molecule has 1 N–H and O–H groups in total. The molecule has 0 aromatic heterocycles. The first-order chi connectivity index (χ1) is 13.5. The summed E-state index contributed by atoms with van der Waals surface area (Å²) in [7, 11) is 0. The number of carbonyl (C=O) groups excluding carboxylic acids is 1. The lowest BCUT2D eigenvalue weighted by Gasteiger charge is -2.08. The molecule has 0 aliphatic rings. The van der Waals surface area contributed by atoms with E-state index in [1.807, 2.05) is 54.6 Å². The van der Waals surface area contributed by atoms with Gasteiger partial charge in [0.1, 0.15) is 12.4 Å². The molecule has 1 amide bonds. The number of benzene rings is 3. The molecule has 0 saturated heterocycles. The number of nitrogens with zero attached hydrogens (tertiary/aromatic N) is 1. The van der Waals surface area contributed by atoms with E-state index in [1.54, 1.807) is 18.3 Å². The van der Waals surface area contributed by atoms with Crippen LogP contribution in [-0.2, 0) is 6.61 Å². The van der Waals surface area contributed by atoms with E-state index in [4.69, 9.17) is 4.74 Å². The number of halogens is 3. The number of hydrogen-bond donors (Lipinski definition) is 1. The Kier molecular flexibility index (Phi) is 7.42. The van der Waals surface area contributed by atoms with Crippen molar-refractivity contribution in [3.63, 3.8) is 0 Å². The number of ether oxygens (including phenoxy) is 1. The van der Waals surface area contributed by atoms with Gasteiger partial charge in [-0.3, -0.25) is 4.79 Å². The number of amides is 1. The van der Waals surface area contributed by atoms with E-state index in [9.17, 15) is 4.79 Å². The molecule has 142 valence electrons. The monoisotopic (exact) mass is 564 g/mol. The molecule has 0 saturated carbocycles. The minimum absolute atomic E-state index is 0.274. The third-order valence-electron chi connectivity index (χ3n) is 3.79. The minimum Gasteiger partial charge on any atom is -0.489 e. The summed E-state index contributed by atoms with van der Waals surface area (Å²) in [5.74, 6) is 0.480. The molecule has 7 heteroatoms. The summed E-state index contributed by atoms with van der Waals surface area (Å²) in [5, 5.41) is 4.01. The molecule has 0 aliphatic heterocycles. The highest BCUT2D eigenvalue weighted by molar-refractivity contribution is 9.11. The summed E-state index contributed by atoms with van der Waals surface area (Å²) in [6.07, 6.45) is 1.59. The van der Waals surface area contributed by atoms with E-state index in [2.05, 4.69) is 58.3 Å². The Morgan fingerprint density at radius 3 is 2.43 bits per heavy atom. The molecule has 28 heavy (non-hydrogen) atoms. The predicted octanol–water partition coefficient (Wildman–Crippen LogP) is 6.32. The molecule has 3 rings (SSSR count). The van der Waals surface area contributed by atoms with Gasteiger partial charge in [0.05, 0.1) is 11.8 Å². The van der Waals surface area contributed by atoms with Crippen LogP contribution < -0.4 is 10.2 Å². The maximum absolute atomic E-state index is 12.1. The van der Waals surface area contributed by atoms with Crippen LogP contribution in [-0.4, -0.2) is 12.1 Å². The van der Waals surface area contributed by atoms with Gasteiger partial charge in [-0.1, -0.05) is 50.1 Å². The molecule has 4 nitrogen and oxygen atoms in total. The van der Waals surface area contributed by atoms with E-state index in [1.165, 1.54) is 0 Å². The molecule has 0 bridgehead atoms. The fraction of sp³-hybridized carbons (Fsp3) is 0.0476. The third kappa shape index (κ3) is 5.77. The van der Waals surface area contributed by atoms with Gasteiger partial charge in [0.25, 0.3) is 5.91 Å². The van der Waals surface area contributed by atoms with Crippen LogP contribution in [0.2, 0.25) is 0 Å². The van der Waals surface area contributed by atoms with Gasteiger partial charge in [0.15, 0.2) is 0 Å². The summed E-state index contributed by atoms with van der Waals surface area (Å²) < 4.78 is 8.54. The summed E-state index contributed by atoms with van der Waals surface area (Å²) >= 11 is 10.3. The molecule has 3 aromatic carbocycles. The molecule has 0 radical (unpaired) electrons. The zero-order valence-corrected chi connectivity index (χ0v) is 19.3. The van der Waals surface area contributed by atoms with Crippen molar-refractivity contribution >= 4 is 59.9 Å². The SMILES string of the molecule is O=C(N/N=C\c1ccc(OCc2ccc(Br)cc2Br)cc1)c1ccccc1Br. The maximum atomic E-state index is 12.1. The second-order valence-electron chi connectivity index (χ2n) is 5.77. The predicted molar refractivity (Wildman–Crippen MR) is 122 cm³/mol. The second-order valence-corrected chi connectivity index (χ2v) is 8.40. The molecule has 0 atom stereocenters. The van der Waals surface area contributed by atoms with Gasteiger partial charge < -0.3 is 4.74 Å². The van der Waals surface area contributed by atoms with Crippen molar-refractivity contribution in [2.24, 2.45) is 5.10 Å². The minimum atomic E-state index is -0.274. The molecular weight excluding hydrogens is 552 g/mol. The highest BCUT2D eigenvalue weighted by Gasteiger charge is 2.07. The van der Waals surface area contributed by atoms with Crippen LogP contribution in [0, 0.1) is 0 Å². The van der Waals surface area contributed by atoms with Gasteiger partial charge >= 0.3 is 0 Å². The van der Waals surface area contributed by atoms with Crippen molar-refractivity contribution in [1.82, 2.24) is 5.43 Å². The second kappa shape index (κ2) is 10.0. The zero-order chi connectivity index (χ0) is 19.9. The van der Waals surface area contributed by atoms with Gasteiger partial charge in [0.2, 0.25) is 0 Å². The van der Waals surface area contributed by atoms with Gasteiger partial charge in [0, 0.05) is 19.0 Å². The van der Waals surface area contributed by atoms with E-state index in [0.29, 0.717) is 12.2 Å². The molecule has 3 aromatic rings. The summed E-state index contributed by atoms with van der Waals surface area (Å²) in [6, 6.07) is 20.6. The number of hydrazone groups is 1. The summed E-state index contributed by atoms with van der Waals surface area (Å²) in [4.78, 5) is 12.1. The largest absolute Gasteiger partial charge is 0.489 e. The normalized spacial score (nSPS) is 10.8. The topological polar surface area (TPSA) is 50.7 Å². The Bertz CT molecular complexity index is 1000. The fourth-order valence-corrected chi connectivity index (χ4v) is 3.95. The number of carbonyl (C=O) groups is 1. The Morgan fingerprint density at radius 2 is 1.71 bits per heavy atom. The average Bonchev–Trinajstić information content (AvgIpc) is 2.68.